The lowest BCUT2D eigenvalue weighted by atomic mass is 10.0. The van der Waals surface area contributed by atoms with E-state index >= 15 is 0 Å². The molecule has 0 spiro atoms. The third-order valence-corrected chi connectivity index (χ3v) is 4.06. The van der Waals surface area contributed by atoms with Crippen LogP contribution in [0.2, 0.25) is 0 Å². The van der Waals surface area contributed by atoms with Crippen molar-refractivity contribution in [3.63, 3.8) is 0 Å². The van der Waals surface area contributed by atoms with Gasteiger partial charge in [-0.2, -0.15) is 0 Å². The zero-order valence-electron chi connectivity index (χ0n) is 11.9. The number of rotatable bonds is 3. The number of aryl methyl sites for hydroxylation is 1. The van der Waals surface area contributed by atoms with Crippen molar-refractivity contribution in [2.75, 3.05) is 19.6 Å². The highest BCUT2D eigenvalue weighted by atomic mass is 15.2. The smallest absolute Gasteiger partial charge is 0.0491 e. The van der Waals surface area contributed by atoms with Crippen molar-refractivity contribution in [2.24, 2.45) is 0 Å². The van der Waals surface area contributed by atoms with Gasteiger partial charge in [-0.15, -0.1) is 0 Å². The maximum Gasteiger partial charge on any atom is 0.0491 e. The Bertz CT molecular complexity index is 553. The SMILES string of the molecule is Cc1ccccc1CN1CCNCC1c1cccnc1. The van der Waals surface area contributed by atoms with Crippen LogP contribution in [0.1, 0.15) is 22.7 Å². The average molecular weight is 267 g/mol. The molecule has 1 aromatic carbocycles. The quantitative estimate of drug-likeness (QED) is 0.926. The minimum absolute atomic E-state index is 0.414. The van der Waals surface area contributed by atoms with Crippen LogP contribution in [-0.2, 0) is 6.54 Å². The number of nitrogens with one attached hydrogen (secondary N) is 1. The third kappa shape index (κ3) is 2.89. The molecule has 1 N–H and O–H groups in total. The van der Waals surface area contributed by atoms with Gasteiger partial charge >= 0.3 is 0 Å². The summed E-state index contributed by atoms with van der Waals surface area (Å²) in [6.45, 7) is 6.33. The highest BCUT2D eigenvalue weighted by Crippen LogP contribution is 2.24. The van der Waals surface area contributed by atoms with E-state index in [1.165, 1.54) is 16.7 Å². The molecular weight excluding hydrogens is 246 g/mol. The fourth-order valence-corrected chi connectivity index (χ4v) is 2.84. The Hall–Kier alpha value is -1.71. The molecule has 1 fully saturated rings. The second-order valence-corrected chi connectivity index (χ2v) is 5.40. The average Bonchev–Trinajstić information content (AvgIpc) is 2.51. The van der Waals surface area contributed by atoms with Crippen LogP contribution in [0.3, 0.4) is 0 Å². The first-order valence-corrected chi connectivity index (χ1v) is 7.24. The van der Waals surface area contributed by atoms with E-state index < -0.39 is 0 Å². The summed E-state index contributed by atoms with van der Waals surface area (Å²) in [5, 5.41) is 3.49. The van der Waals surface area contributed by atoms with E-state index in [0.29, 0.717) is 6.04 Å². The molecule has 0 radical (unpaired) electrons. The predicted molar refractivity (Wildman–Crippen MR) is 81.4 cm³/mol. The molecule has 1 aromatic heterocycles. The van der Waals surface area contributed by atoms with Crippen molar-refractivity contribution in [3.05, 3.63) is 65.5 Å². The standard InChI is InChI=1S/C17H21N3/c1-14-5-2-3-6-16(14)13-20-10-9-19-12-17(20)15-7-4-8-18-11-15/h2-8,11,17,19H,9-10,12-13H2,1H3. The molecule has 104 valence electrons. The molecular formula is C17H21N3. The largest absolute Gasteiger partial charge is 0.314 e. The second-order valence-electron chi connectivity index (χ2n) is 5.40. The Morgan fingerprint density at radius 1 is 1.25 bits per heavy atom. The summed E-state index contributed by atoms with van der Waals surface area (Å²) < 4.78 is 0. The van der Waals surface area contributed by atoms with Gasteiger partial charge in [-0.1, -0.05) is 30.3 Å². The molecule has 1 aliphatic rings. The molecule has 3 rings (SSSR count). The molecule has 2 aromatic rings. The zero-order valence-corrected chi connectivity index (χ0v) is 11.9. The number of hydrogen-bond acceptors (Lipinski definition) is 3. The molecule has 0 saturated carbocycles. The number of pyridine rings is 1. The van der Waals surface area contributed by atoms with Gasteiger partial charge in [0.15, 0.2) is 0 Å². The maximum absolute atomic E-state index is 4.26. The van der Waals surface area contributed by atoms with Crippen LogP contribution in [-0.4, -0.2) is 29.5 Å². The summed E-state index contributed by atoms with van der Waals surface area (Å²) in [7, 11) is 0. The highest BCUT2D eigenvalue weighted by molar-refractivity contribution is 5.26. The number of hydrogen-bond donors (Lipinski definition) is 1. The molecule has 0 amide bonds. The van der Waals surface area contributed by atoms with Crippen LogP contribution in [0, 0.1) is 6.92 Å². The first-order valence-electron chi connectivity index (χ1n) is 7.24. The van der Waals surface area contributed by atoms with Crippen LogP contribution < -0.4 is 5.32 Å². The van der Waals surface area contributed by atoms with Crippen molar-refractivity contribution in [2.45, 2.75) is 19.5 Å². The van der Waals surface area contributed by atoms with E-state index in [1.807, 2.05) is 18.5 Å². The van der Waals surface area contributed by atoms with Gasteiger partial charge in [0.1, 0.15) is 0 Å². The van der Waals surface area contributed by atoms with E-state index in [4.69, 9.17) is 0 Å². The molecule has 2 heterocycles. The molecule has 0 aliphatic carbocycles. The minimum Gasteiger partial charge on any atom is -0.314 e. The summed E-state index contributed by atoms with van der Waals surface area (Å²) in [5.74, 6) is 0. The summed E-state index contributed by atoms with van der Waals surface area (Å²) >= 11 is 0. The molecule has 1 saturated heterocycles. The topological polar surface area (TPSA) is 28.2 Å². The first-order chi connectivity index (χ1) is 9.84. The summed E-state index contributed by atoms with van der Waals surface area (Å²) in [6, 6.07) is 13.3. The van der Waals surface area contributed by atoms with Gasteiger partial charge < -0.3 is 5.32 Å². The van der Waals surface area contributed by atoms with Gasteiger partial charge in [0, 0.05) is 44.6 Å². The first kappa shape index (κ1) is 13.3. The van der Waals surface area contributed by atoms with E-state index in [2.05, 4.69) is 52.5 Å². The molecule has 1 unspecified atom stereocenters. The molecule has 1 atom stereocenters. The highest BCUT2D eigenvalue weighted by Gasteiger charge is 2.24. The number of piperazine rings is 1. The van der Waals surface area contributed by atoms with Crippen molar-refractivity contribution in [3.8, 4) is 0 Å². The second kappa shape index (κ2) is 6.16. The van der Waals surface area contributed by atoms with Crippen LogP contribution in [0.25, 0.3) is 0 Å². The lowest BCUT2D eigenvalue weighted by Crippen LogP contribution is -2.45. The van der Waals surface area contributed by atoms with Crippen molar-refractivity contribution in [1.82, 2.24) is 15.2 Å². The molecule has 3 nitrogen and oxygen atoms in total. The lowest BCUT2D eigenvalue weighted by molar-refractivity contribution is 0.153. The van der Waals surface area contributed by atoms with Crippen LogP contribution in [0.4, 0.5) is 0 Å². The Balaban J connectivity index is 1.81. The van der Waals surface area contributed by atoms with E-state index in [9.17, 15) is 0 Å². The number of aromatic nitrogens is 1. The van der Waals surface area contributed by atoms with E-state index in [1.54, 1.807) is 0 Å². The van der Waals surface area contributed by atoms with E-state index in [-0.39, 0.29) is 0 Å². The summed E-state index contributed by atoms with van der Waals surface area (Å²) in [6.07, 6.45) is 3.83. The Morgan fingerprint density at radius 3 is 2.95 bits per heavy atom. The monoisotopic (exact) mass is 267 g/mol. The molecule has 0 bridgehead atoms. The van der Waals surface area contributed by atoms with Crippen LogP contribution >= 0.6 is 0 Å². The van der Waals surface area contributed by atoms with Gasteiger partial charge in [0.2, 0.25) is 0 Å². The van der Waals surface area contributed by atoms with Gasteiger partial charge in [-0.3, -0.25) is 9.88 Å². The fourth-order valence-electron chi connectivity index (χ4n) is 2.84. The molecule has 3 heteroatoms. The third-order valence-electron chi connectivity index (χ3n) is 4.06. The van der Waals surface area contributed by atoms with Crippen molar-refractivity contribution < 1.29 is 0 Å². The fraction of sp³-hybridized carbons (Fsp3) is 0.353. The summed E-state index contributed by atoms with van der Waals surface area (Å²) in [5.41, 5.74) is 4.09. The van der Waals surface area contributed by atoms with Crippen LogP contribution in [0.5, 0.6) is 0 Å². The molecule has 1 aliphatic heterocycles. The van der Waals surface area contributed by atoms with E-state index in [0.717, 1.165) is 26.2 Å². The Kier molecular flexibility index (Phi) is 4.09. The van der Waals surface area contributed by atoms with Gasteiger partial charge in [0.05, 0.1) is 0 Å². The number of benzene rings is 1. The summed E-state index contributed by atoms with van der Waals surface area (Å²) in [4.78, 5) is 6.82. The zero-order chi connectivity index (χ0) is 13.8. The van der Waals surface area contributed by atoms with Crippen molar-refractivity contribution >= 4 is 0 Å². The molecule has 20 heavy (non-hydrogen) atoms. The Morgan fingerprint density at radius 2 is 2.15 bits per heavy atom. The van der Waals surface area contributed by atoms with Gasteiger partial charge in [-0.05, 0) is 29.7 Å². The minimum atomic E-state index is 0.414. The maximum atomic E-state index is 4.26. The Labute approximate surface area is 120 Å². The predicted octanol–water partition coefficient (Wildman–Crippen LogP) is 2.54. The lowest BCUT2D eigenvalue weighted by Gasteiger charge is -2.36. The normalized spacial score (nSPS) is 19.9. The van der Waals surface area contributed by atoms with Crippen LogP contribution in [0.15, 0.2) is 48.8 Å². The van der Waals surface area contributed by atoms with Gasteiger partial charge in [-0.25, -0.2) is 0 Å². The number of nitrogens with zero attached hydrogens (tertiary/aromatic N) is 2. The van der Waals surface area contributed by atoms with Crippen molar-refractivity contribution in [1.29, 1.82) is 0 Å². The van der Waals surface area contributed by atoms with Gasteiger partial charge in [0.25, 0.3) is 0 Å².